The fourth-order valence-electron chi connectivity index (χ4n) is 1.34. The van der Waals surface area contributed by atoms with Gasteiger partial charge in [0.05, 0.1) is 19.8 Å². The van der Waals surface area contributed by atoms with Crippen molar-refractivity contribution in [3.05, 3.63) is 22.4 Å². The minimum Gasteiger partial charge on any atom is -0.481 e. The van der Waals surface area contributed by atoms with Gasteiger partial charge in [-0.1, -0.05) is 6.07 Å². The van der Waals surface area contributed by atoms with Gasteiger partial charge in [-0.05, 0) is 11.4 Å². The van der Waals surface area contributed by atoms with Gasteiger partial charge in [0, 0.05) is 31.2 Å². The molecule has 1 heterocycles. The highest BCUT2D eigenvalue weighted by molar-refractivity contribution is 7.09. The zero-order chi connectivity index (χ0) is 13.8. The third kappa shape index (κ3) is 9.57. The lowest BCUT2D eigenvalue weighted by Gasteiger charge is -2.07. The molecule has 0 radical (unpaired) electrons. The molecule has 0 amide bonds. The molecule has 7 heteroatoms. The second-order valence-electron chi connectivity index (χ2n) is 3.88. The molecule has 1 rings (SSSR count). The molecule has 0 unspecified atom stereocenters. The minimum absolute atomic E-state index is 0.144. The Hall–Kier alpha value is -0.990. The summed E-state index contributed by atoms with van der Waals surface area (Å²) >= 11 is 1.72. The van der Waals surface area contributed by atoms with Crippen molar-refractivity contribution >= 4 is 17.3 Å². The SMILES string of the molecule is O=C(O)CCNCNCCOCNCc1cccs1. The van der Waals surface area contributed by atoms with E-state index < -0.39 is 5.97 Å². The molecule has 0 saturated heterocycles. The van der Waals surface area contributed by atoms with Crippen LogP contribution in [0.3, 0.4) is 0 Å². The van der Waals surface area contributed by atoms with Crippen LogP contribution >= 0.6 is 11.3 Å². The molecule has 0 bridgehead atoms. The Morgan fingerprint density at radius 3 is 2.89 bits per heavy atom. The van der Waals surface area contributed by atoms with Crippen LogP contribution in [0.4, 0.5) is 0 Å². The average molecular weight is 287 g/mol. The maximum atomic E-state index is 10.2. The van der Waals surface area contributed by atoms with E-state index in [2.05, 4.69) is 27.4 Å². The maximum absolute atomic E-state index is 10.2. The van der Waals surface area contributed by atoms with Crippen LogP contribution in [-0.4, -0.2) is 44.2 Å². The lowest BCUT2D eigenvalue weighted by molar-refractivity contribution is -0.136. The van der Waals surface area contributed by atoms with E-state index in [1.54, 1.807) is 11.3 Å². The fraction of sp³-hybridized carbons (Fsp3) is 0.583. The molecule has 0 aromatic carbocycles. The number of rotatable bonds is 12. The first kappa shape index (κ1) is 16.1. The molecule has 0 aliphatic carbocycles. The molecule has 1 aromatic heterocycles. The second-order valence-corrected chi connectivity index (χ2v) is 4.91. The van der Waals surface area contributed by atoms with Crippen LogP contribution in [0, 0.1) is 0 Å². The van der Waals surface area contributed by atoms with Gasteiger partial charge in [0.2, 0.25) is 0 Å². The van der Waals surface area contributed by atoms with Gasteiger partial charge < -0.3 is 20.5 Å². The number of carboxylic acids is 1. The van der Waals surface area contributed by atoms with E-state index in [4.69, 9.17) is 9.84 Å². The van der Waals surface area contributed by atoms with Gasteiger partial charge in [-0.15, -0.1) is 11.3 Å². The Balaban J connectivity index is 1.75. The highest BCUT2D eigenvalue weighted by Crippen LogP contribution is 2.06. The highest BCUT2D eigenvalue weighted by Gasteiger charge is 1.95. The standard InChI is InChI=1S/C12H21N3O3S/c16-12(17)3-4-13-9-14-5-6-18-10-15-8-11-2-1-7-19-11/h1-2,7,13-15H,3-6,8-10H2,(H,16,17). The zero-order valence-corrected chi connectivity index (χ0v) is 11.7. The van der Waals surface area contributed by atoms with E-state index in [1.165, 1.54) is 4.88 Å². The van der Waals surface area contributed by atoms with Gasteiger partial charge in [-0.25, -0.2) is 0 Å². The van der Waals surface area contributed by atoms with E-state index in [-0.39, 0.29) is 6.42 Å². The van der Waals surface area contributed by atoms with Crippen molar-refractivity contribution < 1.29 is 14.6 Å². The lowest BCUT2D eigenvalue weighted by Crippen LogP contribution is -2.33. The summed E-state index contributed by atoms with van der Waals surface area (Å²) in [4.78, 5) is 11.5. The Morgan fingerprint density at radius 2 is 2.16 bits per heavy atom. The van der Waals surface area contributed by atoms with Crippen LogP contribution < -0.4 is 16.0 Å². The Kier molecular flexibility index (Phi) is 9.21. The predicted molar refractivity (Wildman–Crippen MR) is 75.1 cm³/mol. The molecular weight excluding hydrogens is 266 g/mol. The van der Waals surface area contributed by atoms with Crippen LogP contribution in [0.2, 0.25) is 0 Å². The molecule has 0 aliphatic heterocycles. The van der Waals surface area contributed by atoms with E-state index >= 15 is 0 Å². The summed E-state index contributed by atoms with van der Waals surface area (Å²) in [5.41, 5.74) is 0. The smallest absolute Gasteiger partial charge is 0.304 e. The van der Waals surface area contributed by atoms with Gasteiger partial charge in [-0.2, -0.15) is 0 Å². The van der Waals surface area contributed by atoms with Crippen molar-refractivity contribution in [1.82, 2.24) is 16.0 Å². The predicted octanol–water partition coefficient (Wildman–Crippen LogP) is 0.423. The van der Waals surface area contributed by atoms with Crippen molar-refractivity contribution in [2.24, 2.45) is 0 Å². The van der Waals surface area contributed by atoms with E-state index in [9.17, 15) is 4.79 Å². The highest BCUT2D eigenvalue weighted by atomic mass is 32.1. The lowest BCUT2D eigenvalue weighted by atomic mass is 10.4. The maximum Gasteiger partial charge on any atom is 0.304 e. The number of aliphatic carboxylic acids is 1. The van der Waals surface area contributed by atoms with Crippen LogP contribution in [-0.2, 0) is 16.1 Å². The minimum atomic E-state index is -0.785. The van der Waals surface area contributed by atoms with Crippen molar-refractivity contribution in [2.45, 2.75) is 13.0 Å². The van der Waals surface area contributed by atoms with Gasteiger partial charge in [0.25, 0.3) is 0 Å². The molecule has 0 fully saturated rings. The van der Waals surface area contributed by atoms with Crippen molar-refractivity contribution in [3.63, 3.8) is 0 Å². The van der Waals surface area contributed by atoms with Crippen molar-refractivity contribution in [1.29, 1.82) is 0 Å². The van der Waals surface area contributed by atoms with Crippen molar-refractivity contribution in [2.75, 3.05) is 33.1 Å². The normalized spacial score (nSPS) is 10.7. The molecule has 0 saturated carbocycles. The fourth-order valence-corrected chi connectivity index (χ4v) is 2.01. The van der Waals surface area contributed by atoms with Gasteiger partial charge >= 0.3 is 5.97 Å². The molecule has 0 spiro atoms. The summed E-state index contributed by atoms with van der Waals surface area (Å²) in [5.74, 6) is -0.785. The molecule has 0 aliphatic rings. The van der Waals surface area contributed by atoms with Gasteiger partial charge in [-0.3, -0.25) is 10.1 Å². The first-order chi connectivity index (χ1) is 9.29. The molecule has 6 nitrogen and oxygen atoms in total. The first-order valence-corrected chi connectivity index (χ1v) is 7.11. The quantitative estimate of drug-likeness (QED) is 0.329. The van der Waals surface area contributed by atoms with Crippen molar-refractivity contribution in [3.8, 4) is 0 Å². The summed E-state index contributed by atoms with van der Waals surface area (Å²) in [6.07, 6.45) is 0.144. The van der Waals surface area contributed by atoms with Crippen LogP contribution in [0.25, 0.3) is 0 Å². The third-order valence-corrected chi connectivity index (χ3v) is 3.15. The number of thiophene rings is 1. The van der Waals surface area contributed by atoms with E-state index in [1.807, 2.05) is 6.07 Å². The monoisotopic (exact) mass is 287 g/mol. The first-order valence-electron chi connectivity index (χ1n) is 6.23. The largest absolute Gasteiger partial charge is 0.481 e. The zero-order valence-electron chi connectivity index (χ0n) is 10.9. The number of nitrogens with one attached hydrogen (secondary N) is 3. The average Bonchev–Trinajstić information content (AvgIpc) is 2.88. The van der Waals surface area contributed by atoms with Crippen LogP contribution in [0.5, 0.6) is 0 Å². The summed E-state index contributed by atoms with van der Waals surface area (Å²) in [7, 11) is 0. The summed E-state index contributed by atoms with van der Waals surface area (Å²) in [6, 6.07) is 4.12. The molecule has 108 valence electrons. The second kappa shape index (κ2) is 10.9. The Bertz CT molecular complexity index is 333. The number of hydrogen-bond acceptors (Lipinski definition) is 6. The number of carboxylic acid groups (broad SMARTS) is 1. The molecule has 1 aromatic rings. The van der Waals surface area contributed by atoms with E-state index in [0.717, 1.165) is 13.1 Å². The number of hydrogen-bond donors (Lipinski definition) is 4. The topological polar surface area (TPSA) is 82.6 Å². The third-order valence-electron chi connectivity index (χ3n) is 2.27. The summed E-state index contributed by atoms with van der Waals surface area (Å²) < 4.78 is 5.39. The van der Waals surface area contributed by atoms with Gasteiger partial charge in [0.1, 0.15) is 0 Å². The van der Waals surface area contributed by atoms with E-state index in [0.29, 0.717) is 26.6 Å². The Morgan fingerprint density at radius 1 is 1.32 bits per heavy atom. The summed E-state index contributed by atoms with van der Waals surface area (Å²) in [5, 5.41) is 19.7. The number of ether oxygens (including phenoxy) is 1. The van der Waals surface area contributed by atoms with Crippen LogP contribution in [0.1, 0.15) is 11.3 Å². The summed E-state index contributed by atoms with van der Waals surface area (Å²) in [6.45, 7) is 3.80. The van der Waals surface area contributed by atoms with Crippen LogP contribution in [0.15, 0.2) is 17.5 Å². The van der Waals surface area contributed by atoms with Gasteiger partial charge in [0.15, 0.2) is 0 Å². The molecule has 19 heavy (non-hydrogen) atoms. The molecular formula is C12H21N3O3S. The Labute approximate surface area is 117 Å². The number of carbonyl (C=O) groups is 1. The molecule has 0 atom stereocenters. The molecule has 4 N–H and O–H groups in total.